The van der Waals surface area contributed by atoms with Crippen LogP contribution in [0.5, 0.6) is 0 Å². The summed E-state index contributed by atoms with van der Waals surface area (Å²) in [6, 6.07) is 0.510. The Bertz CT molecular complexity index is 174. The minimum Gasteiger partial charge on any atom is -1.00 e. The van der Waals surface area contributed by atoms with Crippen LogP contribution in [-0.4, -0.2) is 11.5 Å². The maximum absolute atomic E-state index is 5.41. The molecule has 0 aliphatic carbocycles. The first-order chi connectivity index (χ1) is 4.84. The summed E-state index contributed by atoms with van der Waals surface area (Å²) in [6.07, 6.45) is 6.90. The molecule has 0 spiro atoms. The lowest BCUT2D eigenvalue weighted by molar-refractivity contribution is -0.718. The van der Waals surface area contributed by atoms with E-state index in [0.717, 1.165) is 13.0 Å². The largest absolute Gasteiger partial charge is 1.00 e. The van der Waals surface area contributed by atoms with Crippen molar-refractivity contribution in [1.82, 2.24) is 4.98 Å². The highest BCUT2D eigenvalue weighted by atomic mass is 79.9. The minimum absolute atomic E-state index is 0. The van der Waals surface area contributed by atoms with Gasteiger partial charge in [0.25, 0.3) is 0 Å². The van der Waals surface area contributed by atoms with Gasteiger partial charge in [-0.1, -0.05) is 0 Å². The second kappa shape index (κ2) is 5.32. The van der Waals surface area contributed by atoms with E-state index in [-0.39, 0.29) is 17.0 Å². The van der Waals surface area contributed by atoms with Gasteiger partial charge in [-0.05, 0) is 13.5 Å². The van der Waals surface area contributed by atoms with Crippen molar-refractivity contribution < 1.29 is 21.5 Å². The van der Waals surface area contributed by atoms with Crippen LogP contribution in [0.1, 0.15) is 19.4 Å². The van der Waals surface area contributed by atoms with E-state index in [4.69, 9.17) is 5.73 Å². The van der Waals surface area contributed by atoms with Crippen molar-refractivity contribution in [3.05, 3.63) is 18.7 Å². The van der Waals surface area contributed by atoms with Crippen LogP contribution in [-0.2, 0) is 0 Å². The van der Waals surface area contributed by atoms with Gasteiger partial charge in [0.1, 0.15) is 12.4 Å². The Morgan fingerprint density at radius 2 is 2.36 bits per heavy atom. The molecule has 4 heteroatoms. The molecule has 0 saturated carbocycles. The molecule has 0 aliphatic rings. The van der Waals surface area contributed by atoms with E-state index in [0.29, 0.717) is 6.04 Å². The number of imidazole rings is 1. The maximum atomic E-state index is 5.41. The van der Waals surface area contributed by atoms with E-state index in [9.17, 15) is 0 Å². The molecule has 11 heavy (non-hydrogen) atoms. The summed E-state index contributed by atoms with van der Waals surface area (Å²) in [5.74, 6) is 0. The zero-order valence-electron chi connectivity index (χ0n) is 6.63. The van der Waals surface area contributed by atoms with Gasteiger partial charge in [-0.15, -0.1) is 0 Å². The molecule has 64 valence electrons. The van der Waals surface area contributed by atoms with Crippen molar-refractivity contribution in [3.63, 3.8) is 0 Å². The standard InChI is InChI=1S/C7H13N3.BrH/c1-7(2-3-8)10-5-4-9-6-10;/h4-7H,2-3,8H2,1H3;1H. The molecule has 0 aromatic carbocycles. The Hall–Kier alpha value is -0.350. The highest BCUT2D eigenvalue weighted by molar-refractivity contribution is 4.58. The first kappa shape index (κ1) is 10.7. The van der Waals surface area contributed by atoms with Gasteiger partial charge in [-0.3, -0.25) is 4.98 Å². The van der Waals surface area contributed by atoms with Gasteiger partial charge in [-0.25, -0.2) is 4.57 Å². The number of nitrogens with one attached hydrogen (secondary N) is 1. The first-order valence-corrected chi connectivity index (χ1v) is 3.58. The molecule has 1 unspecified atom stereocenters. The molecule has 0 amide bonds. The Balaban J connectivity index is 0.000001000. The van der Waals surface area contributed by atoms with Gasteiger partial charge in [0.2, 0.25) is 6.33 Å². The average Bonchev–Trinajstić information content (AvgIpc) is 2.38. The third-order valence-corrected chi connectivity index (χ3v) is 1.66. The van der Waals surface area contributed by atoms with Crippen LogP contribution in [0, 0.1) is 0 Å². The fourth-order valence-electron chi connectivity index (χ4n) is 0.966. The molecular formula is C7H14BrN3. The summed E-state index contributed by atoms with van der Waals surface area (Å²) < 4.78 is 2.12. The number of halogens is 1. The third kappa shape index (κ3) is 3.03. The summed E-state index contributed by atoms with van der Waals surface area (Å²) in [6.45, 7) is 2.90. The second-order valence-electron chi connectivity index (χ2n) is 2.49. The molecule has 1 heterocycles. The number of aromatic amines is 1. The van der Waals surface area contributed by atoms with Gasteiger partial charge in [-0.2, -0.15) is 0 Å². The molecule has 1 aromatic rings. The predicted molar refractivity (Wildman–Crippen MR) is 39.4 cm³/mol. The van der Waals surface area contributed by atoms with Crippen LogP contribution in [0.2, 0.25) is 0 Å². The van der Waals surface area contributed by atoms with Gasteiger partial charge >= 0.3 is 0 Å². The normalized spacial score (nSPS) is 12.2. The van der Waals surface area contributed by atoms with Crippen molar-refractivity contribution in [2.75, 3.05) is 6.54 Å². The molecule has 1 rings (SSSR count). The smallest absolute Gasteiger partial charge is 0.241 e. The van der Waals surface area contributed by atoms with Crippen LogP contribution >= 0.6 is 0 Å². The number of hydrogen-bond donors (Lipinski definition) is 2. The van der Waals surface area contributed by atoms with Crippen LogP contribution in [0.15, 0.2) is 18.7 Å². The lowest BCUT2D eigenvalue weighted by Crippen LogP contribution is -3.00. The lowest BCUT2D eigenvalue weighted by atomic mass is 10.2. The monoisotopic (exact) mass is 219 g/mol. The van der Waals surface area contributed by atoms with Crippen LogP contribution in [0.3, 0.4) is 0 Å². The molecule has 0 aliphatic heterocycles. The highest BCUT2D eigenvalue weighted by Crippen LogP contribution is 1.96. The molecule has 1 aromatic heterocycles. The van der Waals surface area contributed by atoms with Crippen molar-refractivity contribution in [2.45, 2.75) is 19.4 Å². The Labute approximate surface area is 77.4 Å². The van der Waals surface area contributed by atoms with E-state index >= 15 is 0 Å². The number of rotatable bonds is 3. The van der Waals surface area contributed by atoms with Gasteiger partial charge in [0.05, 0.1) is 6.04 Å². The number of nitrogens with zero attached hydrogens (tertiary/aromatic N) is 1. The molecule has 0 radical (unpaired) electrons. The molecule has 0 bridgehead atoms. The third-order valence-electron chi connectivity index (χ3n) is 1.66. The van der Waals surface area contributed by atoms with Crippen molar-refractivity contribution >= 4 is 0 Å². The van der Waals surface area contributed by atoms with E-state index in [1.54, 1.807) is 0 Å². The van der Waals surface area contributed by atoms with E-state index in [1.165, 1.54) is 0 Å². The highest BCUT2D eigenvalue weighted by Gasteiger charge is 2.06. The fraction of sp³-hybridized carbons (Fsp3) is 0.571. The number of aromatic nitrogens is 2. The molecule has 0 fully saturated rings. The van der Waals surface area contributed by atoms with E-state index in [2.05, 4.69) is 16.5 Å². The Morgan fingerprint density at radius 1 is 1.64 bits per heavy atom. The van der Waals surface area contributed by atoms with Crippen LogP contribution in [0.4, 0.5) is 0 Å². The van der Waals surface area contributed by atoms with Gasteiger partial charge < -0.3 is 22.7 Å². The zero-order valence-corrected chi connectivity index (χ0v) is 8.21. The quantitative estimate of drug-likeness (QED) is 0.532. The average molecular weight is 220 g/mol. The van der Waals surface area contributed by atoms with Crippen molar-refractivity contribution in [1.29, 1.82) is 0 Å². The van der Waals surface area contributed by atoms with E-state index < -0.39 is 0 Å². The summed E-state index contributed by atoms with van der Waals surface area (Å²) in [5.41, 5.74) is 5.41. The van der Waals surface area contributed by atoms with Crippen molar-refractivity contribution in [2.24, 2.45) is 5.73 Å². The SMILES string of the molecule is CC(CCN)[n+]1cc[nH]c1.[Br-]. The summed E-state index contributed by atoms with van der Waals surface area (Å²) >= 11 is 0. The summed E-state index contributed by atoms with van der Waals surface area (Å²) in [7, 11) is 0. The molecule has 3 N–H and O–H groups in total. The van der Waals surface area contributed by atoms with Gasteiger partial charge in [0.15, 0.2) is 0 Å². The van der Waals surface area contributed by atoms with Crippen LogP contribution < -0.4 is 27.3 Å². The van der Waals surface area contributed by atoms with Gasteiger partial charge in [0, 0.05) is 6.42 Å². The topological polar surface area (TPSA) is 45.7 Å². The Kier molecular flexibility index (Phi) is 5.15. The van der Waals surface area contributed by atoms with Crippen molar-refractivity contribution in [3.8, 4) is 0 Å². The molecule has 0 saturated heterocycles. The summed E-state index contributed by atoms with van der Waals surface area (Å²) in [4.78, 5) is 2.99. The summed E-state index contributed by atoms with van der Waals surface area (Å²) in [5, 5.41) is 0. The predicted octanol–water partition coefficient (Wildman–Crippen LogP) is -2.78. The number of nitrogens with two attached hydrogens (primary N) is 1. The van der Waals surface area contributed by atoms with Crippen LogP contribution in [0.25, 0.3) is 0 Å². The Morgan fingerprint density at radius 3 is 2.82 bits per heavy atom. The minimum atomic E-state index is 0. The first-order valence-electron chi connectivity index (χ1n) is 3.58. The number of hydrogen-bond acceptors (Lipinski definition) is 1. The van der Waals surface area contributed by atoms with E-state index in [1.807, 2.05) is 18.7 Å². The zero-order chi connectivity index (χ0) is 7.40. The fourth-order valence-corrected chi connectivity index (χ4v) is 0.966. The molecule has 1 atom stereocenters. The number of H-pyrrole nitrogens is 1. The second-order valence-corrected chi connectivity index (χ2v) is 2.49. The lowest BCUT2D eigenvalue weighted by Gasteiger charge is -2.03. The molecule has 3 nitrogen and oxygen atoms in total. The molecular weight excluding hydrogens is 206 g/mol. The maximum Gasteiger partial charge on any atom is 0.241 e.